The van der Waals surface area contributed by atoms with Crippen LogP contribution in [0.2, 0.25) is 0 Å². The summed E-state index contributed by atoms with van der Waals surface area (Å²) in [4.78, 5) is 14.7. The lowest BCUT2D eigenvalue weighted by Gasteiger charge is -2.43. The van der Waals surface area contributed by atoms with Crippen molar-refractivity contribution in [1.29, 1.82) is 0 Å². The Morgan fingerprint density at radius 3 is 2.71 bits per heavy atom. The highest BCUT2D eigenvalue weighted by atomic mass is 16.6. The van der Waals surface area contributed by atoms with Crippen LogP contribution >= 0.6 is 0 Å². The third-order valence-corrected chi connectivity index (χ3v) is 4.21. The van der Waals surface area contributed by atoms with Crippen molar-refractivity contribution in [1.82, 2.24) is 10.2 Å². The second kappa shape index (κ2) is 7.84. The van der Waals surface area contributed by atoms with Crippen LogP contribution in [0.15, 0.2) is 43.0 Å². The first kappa shape index (κ1) is 18.5. The summed E-state index contributed by atoms with van der Waals surface area (Å²) in [6.07, 6.45) is 4.30. The molecule has 1 aliphatic rings. The summed E-state index contributed by atoms with van der Waals surface area (Å²) < 4.78 is 5.46. The van der Waals surface area contributed by atoms with Gasteiger partial charge in [0.1, 0.15) is 5.60 Å². The van der Waals surface area contributed by atoms with Gasteiger partial charge >= 0.3 is 6.09 Å². The van der Waals surface area contributed by atoms with Gasteiger partial charge in [0.05, 0.1) is 5.54 Å². The van der Waals surface area contributed by atoms with Crippen LogP contribution in [0.5, 0.6) is 0 Å². The lowest BCUT2D eigenvalue weighted by molar-refractivity contribution is 0.0361. The SMILES string of the molecule is C=CCC1(NC(=O)OC(C)(C)C)CCCN(Cc2ccccc2)C1. The Morgan fingerprint density at radius 2 is 2.08 bits per heavy atom. The standard InChI is InChI=1S/C20H30N2O2/c1-5-12-20(21-18(23)24-19(2,3)4)13-9-14-22(16-20)15-17-10-7-6-8-11-17/h5-8,10-11H,1,9,12-16H2,2-4H3,(H,21,23). The third-order valence-electron chi connectivity index (χ3n) is 4.21. The van der Waals surface area contributed by atoms with Crippen molar-refractivity contribution in [2.75, 3.05) is 13.1 Å². The monoisotopic (exact) mass is 330 g/mol. The van der Waals surface area contributed by atoms with Gasteiger partial charge in [-0.25, -0.2) is 4.79 Å². The van der Waals surface area contributed by atoms with E-state index in [0.29, 0.717) is 0 Å². The average molecular weight is 330 g/mol. The average Bonchev–Trinajstić information content (AvgIpc) is 2.46. The number of carbonyl (C=O) groups is 1. The minimum absolute atomic E-state index is 0.295. The Hall–Kier alpha value is -1.81. The number of benzene rings is 1. The van der Waals surface area contributed by atoms with E-state index < -0.39 is 5.60 Å². The van der Waals surface area contributed by atoms with E-state index in [4.69, 9.17) is 4.74 Å². The highest BCUT2D eigenvalue weighted by Gasteiger charge is 2.37. The summed E-state index contributed by atoms with van der Waals surface area (Å²) in [5.41, 5.74) is 0.513. The summed E-state index contributed by atoms with van der Waals surface area (Å²) >= 11 is 0. The molecule has 132 valence electrons. The molecule has 0 bridgehead atoms. The van der Waals surface area contributed by atoms with Crippen LogP contribution in [0.4, 0.5) is 4.79 Å². The van der Waals surface area contributed by atoms with Crippen molar-refractivity contribution in [3.05, 3.63) is 48.6 Å². The zero-order valence-electron chi connectivity index (χ0n) is 15.2. The number of alkyl carbamates (subject to hydrolysis) is 1. The van der Waals surface area contributed by atoms with E-state index in [1.54, 1.807) is 0 Å². The number of carbonyl (C=O) groups excluding carboxylic acids is 1. The molecule has 0 saturated carbocycles. The Labute approximate surface area is 145 Å². The smallest absolute Gasteiger partial charge is 0.408 e. The first-order valence-electron chi connectivity index (χ1n) is 8.70. The summed E-state index contributed by atoms with van der Waals surface area (Å²) in [5, 5.41) is 3.13. The molecule has 1 aromatic carbocycles. The summed E-state index contributed by atoms with van der Waals surface area (Å²) in [5.74, 6) is 0. The molecule has 1 aromatic rings. The highest BCUT2D eigenvalue weighted by molar-refractivity contribution is 5.69. The number of hydrogen-bond donors (Lipinski definition) is 1. The lowest BCUT2D eigenvalue weighted by Crippen LogP contribution is -2.58. The van der Waals surface area contributed by atoms with Crippen LogP contribution < -0.4 is 5.32 Å². The largest absolute Gasteiger partial charge is 0.444 e. The van der Waals surface area contributed by atoms with Crippen LogP contribution in [0.25, 0.3) is 0 Å². The number of likely N-dealkylation sites (tertiary alicyclic amines) is 1. The molecular weight excluding hydrogens is 300 g/mol. The molecule has 1 N–H and O–H groups in total. The predicted molar refractivity (Wildman–Crippen MR) is 97.9 cm³/mol. The fourth-order valence-corrected chi connectivity index (χ4v) is 3.32. The van der Waals surface area contributed by atoms with Crippen LogP contribution in [-0.4, -0.2) is 35.2 Å². The van der Waals surface area contributed by atoms with Gasteiger partial charge in [0, 0.05) is 13.1 Å². The molecule has 1 aliphatic heterocycles. The number of hydrogen-bond acceptors (Lipinski definition) is 3. The molecule has 24 heavy (non-hydrogen) atoms. The van der Waals surface area contributed by atoms with Crippen molar-refractivity contribution in [3.63, 3.8) is 0 Å². The summed E-state index contributed by atoms with van der Waals surface area (Å²) in [6, 6.07) is 10.5. The molecule has 1 unspecified atom stereocenters. The predicted octanol–water partition coefficient (Wildman–Crippen LogP) is 4.12. The van der Waals surface area contributed by atoms with Gasteiger partial charge in [-0.15, -0.1) is 6.58 Å². The molecule has 4 heteroatoms. The zero-order chi connectivity index (χ0) is 17.6. The molecule has 0 spiro atoms. The number of piperidine rings is 1. The highest BCUT2D eigenvalue weighted by Crippen LogP contribution is 2.27. The second-order valence-electron chi connectivity index (χ2n) is 7.70. The van der Waals surface area contributed by atoms with Crippen molar-refractivity contribution < 1.29 is 9.53 Å². The van der Waals surface area contributed by atoms with Gasteiger partial charge in [0.25, 0.3) is 0 Å². The number of amides is 1. The quantitative estimate of drug-likeness (QED) is 0.826. The molecule has 0 radical (unpaired) electrons. The Morgan fingerprint density at radius 1 is 1.38 bits per heavy atom. The van der Waals surface area contributed by atoms with E-state index in [2.05, 4.69) is 41.1 Å². The maximum absolute atomic E-state index is 12.3. The molecule has 1 fully saturated rings. The number of nitrogens with one attached hydrogen (secondary N) is 1. The molecule has 1 saturated heterocycles. The van der Waals surface area contributed by atoms with Gasteiger partial charge in [0.2, 0.25) is 0 Å². The lowest BCUT2D eigenvalue weighted by atomic mass is 9.85. The molecule has 2 rings (SSSR count). The summed E-state index contributed by atoms with van der Waals surface area (Å²) in [7, 11) is 0. The zero-order valence-corrected chi connectivity index (χ0v) is 15.2. The molecule has 1 heterocycles. The molecule has 0 aliphatic carbocycles. The van der Waals surface area contributed by atoms with Crippen molar-refractivity contribution >= 4 is 6.09 Å². The number of nitrogens with zero attached hydrogens (tertiary/aromatic N) is 1. The van der Waals surface area contributed by atoms with Gasteiger partial charge in [-0.2, -0.15) is 0 Å². The van der Waals surface area contributed by atoms with Crippen LogP contribution in [0.3, 0.4) is 0 Å². The third kappa shape index (κ3) is 5.68. The van der Waals surface area contributed by atoms with Crippen molar-refractivity contribution in [2.45, 2.75) is 57.7 Å². The maximum Gasteiger partial charge on any atom is 0.408 e. The fourth-order valence-electron chi connectivity index (χ4n) is 3.32. The van der Waals surface area contributed by atoms with Crippen LogP contribution in [0.1, 0.15) is 45.6 Å². The van der Waals surface area contributed by atoms with Crippen LogP contribution in [0, 0.1) is 0 Å². The Balaban J connectivity index is 2.04. The molecule has 1 amide bonds. The van der Waals surface area contributed by atoms with E-state index in [9.17, 15) is 4.79 Å². The fraction of sp³-hybridized carbons (Fsp3) is 0.550. The normalized spacial score (nSPS) is 22.0. The Kier molecular flexibility index (Phi) is 6.05. The van der Waals surface area contributed by atoms with E-state index in [1.807, 2.05) is 32.9 Å². The van der Waals surface area contributed by atoms with Gasteiger partial charge in [-0.3, -0.25) is 4.90 Å². The number of rotatable bonds is 5. The maximum atomic E-state index is 12.3. The summed E-state index contributed by atoms with van der Waals surface area (Å²) in [6.45, 7) is 12.3. The topological polar surface area (TPSA) is 41.6 Å². The van der Waals surface area contributed by atoms with E-state index in [-0.39, 0.29) is 11.6 Å². The van der Waals surface area contributed by atoms with E-state index >= 15 is 0 Å². The second-order valence-corrected chi connectivity index (χ2v) is 7.70. The number of ether oxygens (including phenoxy) is 1. The van der Waals surface area contributed by atoms with E-state index in [0.717, 1.165) is 38.9 Å². The first-order chi connectivity index (χ1) is 11.3. The van der Waals surface area contributed by atoms with Gasteiger partial charge in [-0.1, -0.05) is 36.4 Å². The first-order valence-corrected chi connectivity index (χ1v) is 8.70. The molecular formula is C20H30N2O2. The molecule has 1 atom stereocenters. The van der Waals surface area contributed by atoms with E-state index in [1.165, 1.54) is 5.56 Å². The minimum atomic E-state index is -0.488. The van der Waals surface area contributed by atoms with Gasteiger partial charge in [0.15, 0.2) is 0 Å². The van der Waals surface area contributed by atoms with Gasteiger partial charge < -0.3 is 10.1 Å². The molecule has 0 aromatic heterocycles. The Bertz CT molecular complexity index is 551. The van der Waals surface area contributed by atoms with Crippen molar-refractivity contribution in [2.24, 2.45) is 0 Å². The molecule has 4 nitrogen and oxygen atoms in total. The van der Waals surface area contributed by atoms with Crippen LogP contribution in [-0.2, 0) is 11.3 Å². The van der Waals surface area contributed by atoms with Crippen molar-refractivity contribution in [3.8, 4) is 0 Å². The minimum Gasteiger partial charge on any atom is -0.444 e. The van der Waals surface area contributed by atoms with Gasteiger partial charge in [-0.05, 0) is 52.1 Å².